The number of hydrogen-bond acceptors (Lipinski definition) is 3. The Bertz CT molecular complexity index is 245. The van der Waals surface area contributed by atoms with Crippen LogP contribution in [0.15, 0.2) is 12.7 Å². The van der Waals surface area contributed by atoms with Crippen molar-refractivity contribution in [1.82, 2.24) is 0 Å². The van der Waals surface area contributed by atoms with Gasteiger partial charge in [-0.1, -0.05) is 6.08 Å². The maximum absolute atomic E-state index is 11.4. The molecule has 0 unspecified atom stereocenters. The van der Waals surface area contributed by atoms with Crippen molar-refractivity contribution in [2.75, 3.05) is 7.11 Å². The molecular formula is C11H16O3. The van der Waals surface area contributed by atoms with Gasteiger partial charge in [0.25, 0.3) is 0 Å². The van der Waals surface area contributed by atoms with Crippen LogP contribution in [0.2, 0.25) is 0 Å². The third-order valence-corrected chi connectivity index (χ3v) is 2.82. The van der Waals surface area contributed by atoms with Gasteiger partial charge in [-0.2, -0.15) is 0 Å². The zero-order valence-electron chi connectivity index (χ0n) is 8.49. The summed E-state index contributed by atoms with van der Waals surface area (Å²) in [6.07, 6.45) is 4.20. The number of carbonyl (C=O) groups excluding carboxylic acids is 2. The molecule has 1 aliphatic rings. The second-order valence-electron chi connectivity index (χ2n) is 3.68. The van der Waals surface area contributed by atoms with Gasteiger partial charge in [0.1, 0.15) is 5.78 Å². The average molecular weight is 196 g/mol. The first-order valence-corrected chi connectivity index (χ1v) is 4.89. The largest absolute Gasteiger partial charge is 0.469 e. The molecule has 0 heterocycles. The van der Waals surface area contributed by atoms with Gasteiger partial charge in [-0.15, -0.1) is 6.58 Å². The normalized spacial score (nSPS) is 26.2. The van der Waals surface area contributed by atoms with E-state index in [1.54, 1.807) is 6.08 Å². The molecule has 0 saturated heterocycles. The summed E-state index contributed by atoms with van der Waals surface area (Å²) >= 11 is 0. The highest BCUT2D eigenvalue weighted by Crippen LogP contribution is 2.34. The molecule has 78 valence electrons. The van der Waals surface area contributed by atoms with Gasteiger partial charge in [-0.3, -0.25) is 9.59 Å². The molecule has 3 heteroatoms. The van der Waals surface area contributed by atoms with Gasteiger partial charge in [0.2, 0.25) is 0 Å². The molecule has 14 heavy (non-hydrogen) atoms. The minimum atomic E-state index is -0.223. The molecule has 0 amide bonds. The van der Waals surface area contributed by atoms with E-state index in [0.29, 0.717) is 19.3 Å². The summed E-state index contributed by atoms with van der Waals surface area (Å²) in [4.78, 5) is 22.5. The Morgan fingerprint density at radius 1 is 1.71 bits per heavy atom. The van der Waals surface area contributed by atoms with Crippen LogP contribution in [-0.2, 0) is 14.3 Å². The molecule has 0 bridgehead atoms. The van der Waals surface area contributed by atoms with Crippen molar-refractivity contribution in [3.63, 3.8) is 0 Å². The number of carbonyl (C=O) groups is 2. The molecule has 0 radical (unpaired) electrons. The fourth-order valence-corrected chi connectivity index (χ4v) is 2.02. The monoisotopic (exact) mass is 196 g/mol. The summed E-state index contributed by atoms with van der Waals surface area (Å²) in [5, 5.41) is 0. The van der Waals surface area contributed by atoms with Gasteiger partial charge in [-0.05, 0) is 18.8 Å². The summed E-state index contributed by atoms with van der Waals surface area (Å²) in [5.74, 6) is 0.192. The Balaban J connectivity index is 2.55. The summed E-state index contributed by atoms with van der Waals surface area (Å²) in [6.45, 7) is 3.62. The smallest absolute Gasteiger partial charge is 0.305 e. The maximum Gasteiger partial charge on any atom is 0.305 e. The number of Topliss-reactive ketones (excluding diaryl/α,β-unsaturated/α-hetero) is 1. The molecule has 1 aliphatic carbocycles. The first-order valence-electron chi connectivity index (χ1n) is 4.89. The number of ether oxygens (including phenoxy) is 1. The van der Waals surface area contributed by atoms with E-state index < -0.39 is 0 Å². The van der Waals surface area contributed by atoms with Crippen molar-refractivity contribution in [2.24, 2.45) is 11.8 Å². The van der Waals surface area contributed by atoms with E-state index in [-0.39, 0.29) is 23.6 Å². The first kappa shape index (κ1) is 11.0. The van der Waals surface area contributed by atoms with Crippen LogP contribution in [0.1, 0.15) is 25.7 Å². The first-order chi connectivity index (χ1) is 6.69. The zero-order valence-corrected chi connectivity index (χ0v) is 8.49. The molecule has 0 aromatic carbocycles. The van der Waals surface area contributed by atoms with Crippen molar-refractivity contribution in [3.8, 4) is 0 Å². The molecule has 3 nitrogen and oxygen atoms in total. The molecule has 0 spiro atoms. The highest BCUT2D eigenvalue weighted by Gasteiger charge is 2.34. The lowest BCUT2D eigenvalue weighted by Gasteiger charge is -2.14. The van der Waals surface area contributed by atoms with E-state index in [1.807, 2.05) is 0 Å². The Morgan fingerprint density at radius 3 is 3.00 bits per heavy atom. The average Bonchev–Trinajstić information content (AvgIpc) is 2.50. The number of rotatable bonds is 4. The topological polar surface area (TPSA) is 43.4 Å². The second-order valence-corrected chi connectivity index (χ2v) is 3.68. The Morgan fingerprint density at radius 2 is 2.43 bits per heavy atom. The number of esters is 1. The van der Waals surface area contributed by atoms with E-state index in [4.69, 9.17) is 0 Å². The maximum atomic E-state index is 11.4. The fourth-order valence-electron chi connectivity index (χ4n) is 2.02. The molecule has 0 aliphatic heterocycles. The van der Waals surface area contributed by atoms with Crippen LogP contribution in [-0.4, -0.2) is 18.9 Å². The van der Waals surface area contributed by atoms with Gasteiger partial charge in [0.15, 0.2) is 0 Å². The highest BCUT2D eigenvalue weighted by atomic mass is 16.5. The lowest BCUT2D eigenvalue weighted by atomic mass is 9.90. The van der Waals surface area contributed by atoms with Crippen molar-refractivity contribution >= 4 is 11.8 Å². The summed E-state index contributed by atoms with van der Waals surface area (Å²) in [7, 11) is 1.38. The molecule has 0 aromatic heterocycles. The lowest BCUT2D eigenvalue weighted by Crippen LogP contribution is -2.17. The third kappa shape index (κ3) is 2.44. The van der Waals surface area contributed by atoms with E-state index in [9.17, 15) is 9.59 Å². The van der Waals surface area contributed by atoms with Crippen LogP contribution >= 0.6 is 0 Å². The van der Waals surface area contributed by atoms with Crippen LogP contribution in [0.4, 0.5) is 0 Å². The molecule has 0 aromatic rings. The summed E-state index contributed by atoms with van der Waals surface area (Å²) < 4.78 is 4.60. The SMILES string of the molecule is C=CC[C@@H]1C(=O)CC[C@H]1CC(=O)OC. The van der Waals surface area contributed by atoms with Crippen LogP contribution in [0, 0.1) is 11.8 Å². The quantitative estimate of drug-likeness (QED) is 0.508. The second kappa shape index (κ2) is 4.94. The fraction of sp³-hybridized carbons (Fsp3) is 0.636. The van der Waals surface area contributed by atoms with Crippen LogP contribution in [0.3, 0.4) is 0 Å². The standard InChI is InChI=1S/C11H16O3/c1-3-4-9-8(5-6-10(9)12)7-11(13)14-2/h3,8-9H,1,4-7H2,2H3/t8-,9-/m0/s1. The van der Waals surface area contributed by atoms with E-state index in [1.165, 1.54) is 7.11 Å². The molecular weight excluding hydrogens is 180 g/mol. The van der Waals surface area contributed by atoms with Gasteiger partial charge in [0.05, 0.1) is 7.11 Å². The van der Waals surface area contributed by atoms with Crippen LogP contribution < -0.4 is 0 Å². The molecule has 0 N–H and O–H groups in total. The molecule has 1 fully saturated rings. The van der Waals surface area contributed by atoms with Gasteiger partial charge < -0.3 is 4.74 Å². The van der Waals surface area contributed by atoms with Gasteiger partial charge >= 0.3 is 5.97 Å². The van der Waals surface area contributed by atoms with E-state index in [2.05, 4.69) is 11.3 Å². The summed E-state index contributed by atoms with van der Waals surface area (Å²) in [6, 6.07) is 0. The lowest BCUT2D eigenvalue weighted by molar-refractivity contribution is -0.142. The summed E-state index contributed by atoms with van der Waals surface area (Å²) in [5.41, 5.74) is 0. The van der Waals surface area contributed by atoms with Crippen molar-refractivity contribution < 1.29 is 14.3 Å². The van der Waals surface area contributed by atoms with Crippen LogP contribution in [0.5, 0.6) is 0 Å². The van der Waals surface area contributed by atoms with E-state index >= 15 is 0 Å². The minimum absolute atomic E-state index is 0.00778. The predicted octanol–water partition coefficient (Wildman–Crippen LogP) is 1.72. The highest BCUT2D eigenvalue weighted by molar-refractivity contribution is 5.84. The zero-order chi connectivity index (χ0) is 10.6. The molecule has 2 atom stereocenters. The number of ketones is 1. The molecule has 1 saturated carbocycles. The Kier molecular flexibility index (Phi) is 3.86. The molecule has 1 rings (SSSR count). The Labute approximate surface area is 84.1 Å². The van der Waals surface area contributed by atoms with Crippen molar-refractivity contribution in [1.29, 1.82) is 0 Å². The van der Waals surface area contributed by atoms with Crippen molar-refractivity contribution in [3.05, 3.63) is 12.7 Å². The van der Waals surface area contributed by atoms with Crippen LogP contribution in [0.25, 0.3) is 0 Å². The predicted molar refractivity (Wildman–Crippen MR) is 52.7 cm³/mol. The Hall–Kier alpha value is -1.12. The number of hydrogen-bond donors (Lipinski definition) is 0. The minimum Gasteiger partial charge on any atom is -0.469 e. The third-order valence-electron chi connectivity index (χ3n) is 2.82. The van der Waals surface area contributed by atoms with Gasteiger partial charge in [-0.25, -0.2) is 0 Å². The number of allylic oxidation sites excluding steroid dienone is 1. The van der Waals surface area contributed by atoms with E-state index in [0.717, 1.165) is 6.42 Å². The number of methoxy groups -OCH3 is 1. The van der Waals surface area contributed by atoms with Gasteiger partial charge in [0, 0.05) is 18.8 Å². The van der Waals surface area contributed by atoms with Crippen molar-refractivity contribution in [2.45, 2.75) is 25.7 Å².